The molecule has 0 fully saturated rings. The van der Waals surface area contributed by atoms with Gasteiger partial charge in [-0.25, -0.2) is 10.2 Å². The Morgan fingerprint density at radius 1 is 1.07 bits per heavy atom. The Labute approximate surface area is 163 Å². The number of amides is 2. The van der Waals surface area contributed by atoms with Crippen molar-refractivity contribution in [2.45, 2.75) is 0 Å². The Morgan fingerprint density at radius 2 is 1.81 bits per heavy atom. The molecule has 2 amide bonds. The molecule has 1 heterocycles. The van der Waals surface area contributed by atoms with Gasteiger partial charge < -0.3 is 14.8 Å². The Balaban J connectivity index is 1.65. The molecule has 7 heteroatoms. The van der Waals surface area contributed by atoms with Gasteiger partial charge in [0, 0.05) is 31.7 Å². The molecule has 1 aromatic heterocycles. The number of benzene rings is 2. The molecular weight excluding hydrogens is 362 g/mol. The number of halogens is 1. The lowest BCUT2D eigenvalue weighted by Crippen LogP contribution is -2.24. The molecular formula is C20H20ClN5O. The molecule has 6 nitrogen and oxygen atoms in total. The normalized spacial score (nSPS) is 10.8. The third-order valence-electron chi connectivity index (χ3n) is 3.91. The maximum atomic E-state index is 11.9. The standard InChI is InChI=1S/C20H20ClN5O/c1-25(2)15-9-11-16(12-10-15)26-13-5-6-17(26)14-22-24-20(27)23-19-8-4-3-7-18(19)21/h3-14H,1-2H3,(H2,23,24,27)/b22-14+. The van der Waals surface area contributed by atoms with Gasteiger partial charge in [0.2, 0.25) is 0 Å². The number of aromatic nitrogens is 1. The zero-order chi connectivity index (χ0) is 19.2. The summed E-state index contributed by atoms with van der Waals surface area (Å²) < 4.78 is 1.98. The van der Waals surface area contributed by atoms with Crippen LogP contribution in [0, 0.1) is 0 Å². The van der Waals surface area contributed by atoms with Crippen molar-refractivity contribution in [3.63, 3.8) is 0 Å². The van der Waals surface area contributed by atoms with Crippen LogP contribution in [-0.2, 0) is 0 Å². The van der Waals surface area contributed by atoms with Crippen LogP contribution in [-0.4, -0.2) is 30.9 Å². The Hall–Kier alpha value is -3.25. The Kier molecular flexibility index (Phi) is 5.78. The van der Waals surface area contributed by atoms with Gasteiger partial charge >= 0.3 is 6.03 Å². The van der Waals surface area contributed by atoms with Crippen LogP contribution in [0.4, 0.5) is 16.2 Å². The molecule has 0 aliphatic carbocycles. The Morgan fingerprint density at radius 3 is 2.52 bits per heavy atom. The molecule has 2 N–H and O–H groups in total. The highest BCUT2D eigenvalue weighted by Crippen LogP contribution is 2.20. The molecule has 0 saturated heterocycles. The van der Waals surface area contributed by atoms with E-state index in [0.29, 0.717) is 10.7 Å². The first-order valence-corrected chi connectivity index (χ1v) is 8.72. The molecule has 138 valence electrons. The van der Waals surface area contributed by atoms with Gasteiger partial charge in [0.25, 0.3) is 0 Å². The van der Waals surface area contributed by atoms with Crippen LogP contribution in [0.5, 0.6) is 0 Å². The van der Waals surface area contributed by atoms with Crippen LogP contribution in [0.1, 0.15) is 5.69 Å². The summed E-state index contributed by atoms with van der Waals surface area (Å²) in [5.74, 6) is 0. The van der Waals surface area contributed by atoms with E-state index >= 15 is 0 Å². The summed E-state index contributed by atoms with van der Waals surface area (Å²) in [6.07, 6.45) is 3.53. The van der Waals surface area contributed by atoms with Crippen LogP contribution in [0.2, 0.25) is 5.02 Å². The first-order chi connectivity index (χ1) is 13.0. The maximum Gasteiger partial charge on any atom is 0.339 e. The lowest BCUT2D eigenvalue weighted by Gasteiger charge is -2.13. The average Bonchev–Trinajstić information content (AvgIpc) is 3.12. The number of hydrogen-bond donors (Lipinski definition) is 2. The molecule has 0 aliphatic heterocycles. The third kappa shape index (κ3) is 4.68. The highest BCUT2D eigenvalue weighted by atomic mass is 35.5. The SMILES string of the molecule is CN(C)c1ccc(-n2cccc2/C=N/NC(=O)Nc2ccccc2Cl)cc1. The van der Waals surface area contributed by atoms with Gasteiger partial charge in [-0.1, -0.05) is 23.7 Å². The van der Waals surface area contributed by atoms with E-state index in [9.17, 15) is 4.79 Å². The van der Waals surface area contributed by atoms with Gasteiger partial charge in [0.05, 0.1) is 22.6 Å². The minimum atomic E-state index is -0.465. The second kappa shape index (κ2) is 8.42. The summed E-state index contributed by atoms with van der Waals surface area (Å²) in [5, 5.41) is 7.12. The van der Waals surface area contributed by atoms with Crippen molar-refractivity contribution in [3.05, 3.63) is 77.6 Å². The average molecular weight is 382 g/mol. The van der Waals surface area contributed by atoms with E-state index in [0.717, 1.165) is 17.1 Å². The predicted octanol–water partition coefficient (Wildman–Crippen LogP) is 4.35. The van der Waals surface area contributed by atoms with Crippen molar-refractivity contribution in [1.82, 2.24) is 9.99 Å². The topological polar surface area (TPSA) is 61.7 Å². The number of nitrogens with zero attached hydrogens (tertiary/aromatic N) is 3. The number of carbonyl (C=O) groups excluding carboxylic acids is 1. The molecule has 0 bridgehead atoms. The molecule has 0 spiro atoms. The molecule has 3 rings (SSSR count). The zero-order valence-corrected chi connectivity index (χ0v) is 15.8. The second-order valence-electron chi connectivity index (χ2n) is 6.02. The summed E-state index contributed by atoms with van der Waals surface area (Å²) in [7, 11) is 4.00. The summed E-state index contributed by atoms with van der Waals surface area (Å²) in [6, 6.07) is 18.5. The van der Waals surface area contributed by atoms with Crippen LogP contribution < -0.4 is 15.6 Å². The zero-order valence-electron chi connectivity index (χ0n) is 15.1. The number of hydrogen-bond acceptors (Lipinski definition) is 3. The van der Waals surface area contributed by atoms with Crippen LogP contribution in [0.25, 0.3) is 5.69 Å². The van der Waals surface area contributed by atoms with Crippen molar-refractivity contribution in [2.24, 2.45) is 5.10 Å². The van der Waals surface area contributed by atoms with E-state index in [2.05, 4.69) is 15.8 Å². The highest BCUT2D eigenvalue weighted by Gasteiger charge is 2.05. The van der Waals surface area contributed by atoms with Crippen molar-refractivity contribution in [1.29, 1.82) is 0 Å². The number of anilines is 2. The minimum Gasteiger partial charge on any atom is -0.378 e. The molecule has 2 aromatic carbocycles. The number of carbonyl (C=O) groups is 1. The predicted molar refractivity (Wildman–Crippen MR) is 111 cm³/mol. The number of hydrazone groups is 1. The maximum absolute atomic E-state index is 11.9. The van der Waals surface area contributed by atoms with Gasteiger partial charge in [0.15, 0.2) is 0 Å². The van der Waals surface area contributed by atoms with Crippen molar-refractivity contribution in [2.75, 3.05) is 24.3 Å². The molecule has 0 aliphatic rings. The molecule has 0 unspecified atom stereocenters. The largest absolute Gasteiger partial charge is 0.378 e. The summed E-state index contributed by atoms with van der Waals surface area (Å²) >= 11 is 6.02. The van der Waals surface area contributed by atoms with Gasteiger partial charge in [-0.15, -0.1) is 0 Å². The van der Waals surface area contributed by atoms with Gasteiger partial charge in [-0.3, -0.25) is 0 Å². The summed E-state index contributed by atoms with van der Waals surface area (Å²) in [5.41, 5.74) is 5.93. The summed E-state index contributed by atoms with van der Waals surface area (Å²) in [6.45, 7) is 0. The van der Waals surface area contributed by atoms with E-state index in [1.807, 2.05) is 66.2 Å². The van der Waals surface area contributed by atoms with Gasteiger partial charge in [-0.2, -0.15) is 5.10 Å². The number of nitrogens with one attached hydrogen (secondary N) is 2. The van der Waals surface area contributed by atoms with Crippen LogP contribution in [0.3, 0.4) is 0 Å². The fourth-order valence-electron chi connectivity index (χ4n) is 2.52. The number of rotatable bonds is 5. The van der Waals surface area contributed by atoms with Crippen LogP contribution >= 0.6 is 11.6 Å². The first kappa shape index (κ1) is 18.5. The quantitative estimate of drug-likeness (QED) is 0.509. The van der Waals surface area contributed by atoms with Gasteiger partial charge in [-0.05, 0) is 48.5 Å². The van der Waals surface area contributed by atoms with E-state index in [-0.39, 0.29) is 0 Å². The van der Waals surface area contributed by atoms with E-state index in [1.165, 1.54) is 0 Å². The van der Waals surface area contributed by atoms with Crippen molar-refractivity contribution in [3.8, 4) is 5.69 Å². The monoisotopic (exact) mass is 381 g/mol. The van der Waals surface area contributed by atoms with E-state index in [4.69, 9.17) is 11.6 Å². The van der Waals surface area contributed by atoms with E-state index < -0.39 is 6.03 Å². The smallest absolute Gasteiger partial charge is 0.339 e. The fourth-order valence-corrected chi connectivity index (χ4v) is 2.70. The number of urea groups is 1. The lowest BCUT2D eigenvalue weighted by molar-refractivity contribution is 0.252. The van der Waals surface area contributed by atoms with Crippen molar-refractivity contribution >= 4 is 35.2 Å². The van der Waals surface area contributed by atoms with E-state index in [1.54, 1.807) is 30.5 Å². The third-order valence-corrected chi connectivity index (χ3v) is 4.24. The van der Waals surface area contributed by atoms with Crippen LogP contribution in [0.15, 0.2) is 72.0 Å². The number of para-hydroxylation sites is 1. The van der Waals surface area contributed by atoms with Gasteiger partial charge in [0.1, 0.15) is 0 Å². The summed E-state index contributed by atoms with van der Waals surface area (Å²) in [4.78, 5) is 14.0. The van der Waals surface area contributed by atoms with Crippen molar-refractivity contribution < 1.29 is 4.79 Å². The minimum absolute atomic E-state index is 0.465. The molecule has 3 aromatic rings. The second-order valence-corrected chi connectivity index (χ2v) is 6.43. The fraction of sp³-hybridized carbons (Fsp3) is 0.100. The first-order valence-electron chi connectivity index (χ1n) is 8.34. The molecule has 0 saturated carbocycles. The molecule has 0 radical (unpaired) electrons. The molecule has 27 heavy (non-hydrogen) atoms. The lowest BCUT2D eigenvalue weighted by atomic mass is 10.2. The molecule has 0 atom stereocenters. The highest BCUT2D eigenvalue weighted by molar-refractivity contribution is 6.33. The Bertz CT molecular complexity index is 947.